The van der Waals surface area contributed by atoms with Gasteiger partial charge in [0.25, 0.3) is 0 Å². The second-order valence-corrected chi connectivity index (χ2v) is 7.13. The van der Waals surface area contributed by atoms with E-state index in [1.165, 1.54) is 36.0 Å². The summed E-state index contributed by atoms with van der Waals surface area (Å²) in [5.74, 6) is 0.282. The minimum atomic E-state index is -0.0271. The Balaban J connectivity index is 1.73. The first-order valence-electron chi connectivity index (χ1n) is 9.25. The molecule has 0 bridgehead atoms. The standard InChI is InChI=1S/C22H25NO/c24-22-20-11-5-3-9-18(20)13-12-17-8-2-4-10-19(17)21(22)16-23-14-6-1-7-15-23/h2-5,8-11,21H,1,6-7,12-16H2. The van der Waals surface area contributed by atoms with Crippen LogP contribution >= 0.6 is 0 Å². The van der Waals surface area contributed by atoms with Gasteiger partial charge in [-0.3, -0.25) is 4.79 Å². The van der Waals surface area contributed by atoms with Gasteiger partial charge in [-0.25, -0.2) is 0 Å². The van der Waals surface area contributed by atoms with Gasteiger partial charge < -0.3 is 4.90 Å². The van der Waals surface area contributed by atoms with Crippen LogP contribution in [0.15, 0.2) is 48.5 Å². The lowest BCUT2D eigenvalue weighted by Crippen LogP contribution is -2.36. The zero-order valence-electron chi connectivity index (χ0n) is 14.2. The van der Waals surface area contributed by atoms with Gasteiger partial charge in [-0.1, -0.05) is 55.0 Å². The van der Waals surface area contributed by atoms with Crippen molar-refractivity contribution < 1.29 is 4.79 Å². The lowest BCUT2D eigenvalue weighted by Gasteiger charge is -2.32. The van der Waals surface area contributed by atoms with Crippen LogP contribution in [0.4, 0.5) is 0 Å². The van der Waals surface area contributed by atoms with Gasteiger partial charge in [-0.2, -0.15) is 0 Å². The van der Waals surface area contributed by atoms with Crippen LogP contribution in [0, 0.1) is 0 Å². The fourth-order valence-corrected chi connectivity index (χ4v) is 4.26. The number of aryl methyl sites for hydroxylation is 2. The fourth-order valence-electron chi connectivity index (χ4n) is 4.26. The third-order valence-corrected chi connectivity index (χ3v) is 5.58. The van der Waals surface area contributed by atoms with Crippen molar-refractivity contribution in [3.63, 3.8) is 0 Å². The Morgan fingerprint density at radius 2 is 1.50 bits per heavy atom. The van der Waals surface area contributed by atoms with Crippen molar-refractivity contribution >= 4 is 5.78 Å². The van der Waals surface area contributed by atoms with Crippen LogP contribution in [0.1, 0.15) is 52.2 Å². The number of nitrogens with zero attached hydrogens (tertiary/aromatic N) is 1. The van der Waals surface area contributed by atoms with Crippen LogP contribution in [0.5, 0.6) is 0 Å². The number of ketones is 1. The number of rotatable bonds is 2. The van der Waals surface area contributed by atoms with E-state index in [2.05, 4.69) is 41.3 Å². The van der Waals surface area contributed by atoms with Crippen LogP contribution in [0.3, 0.4) is 0 Å². The molecule has 1 atom stereocenters. The van der Waals surface area contributed by atoms with Crippen LogP contribution in [0.25, 0.3) is 0 Å². The summed E-state index contributed by atoms with van der Waals surface area (Å²) in [5, 5.41) is 0. The van der Waals surface area contributed by atoms with Gasteiger partial charge in [0.2, 0.25) is 0 Å². The minimum absolute atomic E-state index is 0.0271. The highest BCUT2D eigenvalue weighted by molar-refractivity contribution is 6.02. The first-order chi connectivity index (χ1) is 11.8. The Kier molecular flexibility index (Phi) is 4.48. The Morgan fingerprint density at radius 1 is 0.833 bits per heavy atom. The normalized spacial score (nSPS) is 21.5. The van der Waals surface area contributed by atoms with Crippen molar-refractivity contribution in [1.82, 2.24) is 4.90 Å². The molecule has 0 N–H and O–H groups in total. The average Bonchev–Trinajstić information content (AvgIpc) is 2.64. The lowest BCUT2D eigenvalue weighted by molar-refractivity contribution is 0.0923. The van der Waals surface area contributed by atoms with E-state index >= 15 is 0 Å². The molecule has 1 fully saturated rings. The number of hydrogen-bond acceptors (Lipinski definition) is 2. The smallest absolute Gasteiger partial charge is 0.171 e. The number of piperidine rings is 1. The molecular formula is C22H25NO. The second-order valence-electron chi connectivity index (χ2n) is 7.13. The number of hydrogen-bond donors (Lipinski definition) is 0. The Bertz CT molecular complexity index is 730. The van der Waals surface area contributed by atoms with E-state index in [0.717, 1.165) is 38.0 Å². The summed E-state index contributed by atoms with van der Waals surface area (Å²) in [6, 6.07) is 16.8. The number of likely N-dealkylation sites (tertiary alicyclic amines) is 1. The predicted molar refractivity (Wildman–Crippen MR) is 97.7 cm³/mol. The highest BCUT2D eigenvalue weighted by Crippen LogP contribution is 2.31. The molecule has 124 valence electrons. The molecule has 0 saturated carbocycles. The van der Waals surface area contributed by atoms with Crippen molar-refractivity contribution in [2.45, 2.75) is 38.0 Å². The maximum absolute atomic E-state index is 13.4. The van der Waals surface area contributed by atoms with Crippen LogP contribution in [-0.2, 0) is 12.8 Å². The van der Waals surface area contributed by atoms with Gasteiger partial charge >= 0.3 is 0 Å². The fraction of sp³-hybridized carbons (Fsp3) is 0.409. The van der Waals surface area contributed by atoms with Gasteiger partial charge in [-0.15, -0.1) is 0 Å². The second kappa shape index (κ2) is 6.90. The first-order valence-corrected chi connectivity index (χ1v) is 9.25. The topological polar surface area (TPSA) is 20.3 Å². The first kappa shape index (κ1) is 15.6. The molecule has 4 rings (SSSR count). The summed E-state index contributed by atoms with van der Waals surface area (Å²) in [7, 11) is 0. The number of Topliss-reactive ketones (excluding diaryl/α,β-unsaturated/α-hetero) is 1. The zero-order valence-corrected chi connectivity index (χ0v) is 14.2. The minimum Gasteiger partial charge on any atom is -0.302 e. The molecular weight excluding hydrogens is 294 g/mol. The van der Waals surface area contributed by atoms with E-state index in [0.29, 0.717) is 5.78 Å². The maximum atomic E-state index is 13.4. The van der Waals surface area contributed by atoms with E-state index in [1.807, 2.05) is 12.1 Å². The van der Waals surface area contributed by atoms with Crippen molar-refractivity contribution in [3.05, 3.63) is 70.8 Å². The summed E-state index contributed by atoms with van der Waals surface area (Å²) in [4.78, 5) is 15.9. The highest BCUT2D eigenvalue weighted by Gasteiger charge is 2.29. The van der Waals surface area contributed by atoms with E-state index in [4.69, 9.17) is 0 Å². The number of benzene rings is 2. The van der Waals surface area contributed by atoms with E-state index in [-0.39, 0.29) is 5.92 Å². The quantitative estimate of drug-likeness (QED) is 0.825. The van der Waals surface area contributed by atoms with Gasteiger partial charge in [0.1, 0.15) is 0 Å². The van der Waals surface area contributed by atoms with Gasteiger partial charge in [0.05, 0.1) is 5.92 Å². The molecule has 0 amide bonds. The largest absolute Gasteiger partial charge is 0.302 e. The van der Waals surface area contributed by atoms with Gasteiger partial charge in [-0.05, 0) is 55.5 Å². The predicted octanol–water partition coefficient (Wildman–Crippen LogP) is 4.24. The molecule has 24 heavy (non-hydrogen) atoms. The Morgan fingerprint density at radius 3 is 2.33 bits per heavy atom. The molecule has 2 aromatic rings. The molecule has 0 radical (unpaired) electrons. The maximum Gasteiger partial charge on any atom is 0.171 e. The summed E-state index contributed by atoms with van der Waals surface area (Å²) in [5.41, 5.74) is 4.75. The molecule has 2 aromatic carbocycles. The van der Waals surface area contributed by atoms with Crippen LogP contribution < -0.4 is 0 Å². The highest BCUT2D eigenvalue weighted by atomic mass is 16.1. The molecule has 1 aliphatic carbocycles. The molecule has 0 spiro atoms. The zero-order chi connectivity index (χ0) is 16.4. The Labute approximate surface area is 144 Å². The number of fused-ring (bicyclic) bond motifs is 2. The molecule has 0 aromatic heterocycles. The molecule has 2 heteroatoms. The van der Waals surface area contributed by atoms with Crippen molar-refractivity contribution in [2.24, 2.45) is 0 Å². The van der Waals surface area contributed by atoms with Crippen molar-refractivity contribution in [2.75, 3.05) is 19.6 Å². The van der Waals surface area contributed by atoms with E-state index in [9.17, 15) is 4.79 Å². The molecule has 1 unspecified atom stereocenters. The monoisotopic (exact) mass is 319 g/mol. The molecule has 1 heterocycles. The summed E-state index contributed by atoms with van der Waals surface area (Å²) in [6.45, 7) is 3.13. The van der Waals surface area contributed by atoms with Crippen molar-refractivity contribution in [1.29, 1.82) is 0 Å². The average molecular weight is 319 g/mol. The lowest BCUT2D eigenvalue weighted by atomic mass is 9.81. The number of carbonyl (C=O) groups is 1. The summed E-state index contributed by atoms with van der Waals surface area (Å²) in [6.07, 6.45) is 5.83. The third-order valence-electron chi connectivity index (χ3n) is 5.58. The van der Waals surface area contributed by atoms with Crippen molar-refractivity contribution in [3.8, 4) is 0 Å². The summed E-state index contributed by atoms with van der Waals surface area (Å²) < 4.78 is 0. The molecule has 2 nitrogen and oxygen atoms in total. The van der Waals surface area contributed by atoms with Crippen LogP contribution in [-0.4, -0.2) is 30.3 Å². The molecule has 1 aliphatic heterocycles. The molecule has 1 saturated heterocycles. The van der Waals surface area contributed by atoms with Gasteiger partial charge in [0, 0.05) is 12.1 Å². The summed E-state index contributed by atoms with van der Waals surface area (Å²) >= 11 is 0. The van der Waals surface area contributed by atoms with Crippen LogP contribution in [0.2, 0.25) is 0 Å². The molecule has 2 aliphatic rings. The third kappa shape index (κ3) is 3.03. The van der Waals surface area contributed by atoms with Gasteiger partial charge in [0.15, 0.2) is 5.78 Å². The number of carbonyl (C=O) groups excluding carboxylic acids is 1. The van der Waals surface area contributed by atoms with E-state index in [1.54, 1.807) is 0 Å². The SMILES string of the molecule is O=C1c2ccccc2CCc2ccccc2C1CN1CCCCC1. The van der Waals surface area contributed by atoms with E-state index < -0.39 is 0 Å². The Hall–Kier alpha value is -1.93.